The summed E-state index contributed by atoms with van der Waals surface area (Å²) in [6.45, 7) is 0. The van der Waals surface area contributed by atoms with Crippen LogP contribution < -0.4 is 0 Å². The zero-order valence-electron chi connectivity index (χ0n) is 13.5. The second kappa shape index (κ2) is 6.99. The van der Waals surface area contributed by atoms with Crippen molar-refractivity contribution in [2.75, 3.05) is 0 Å². The van der Waals surface area contributed by atoms with Crippen molar-refractivity contribution in [2.24, 2.45) is 0 Å². The summed E-state index contributed by atoms with van der Waals surface area (Å²) in [6.07, 6.45) is 9.58. The first-order valence-electron chi connectivity index (χ1n) is 8.20. The zero-order chi connectivity index (χ0) is 17.1. The second-order valence-electron chi connectivity index (χ2n) is 5.90. The van der Waals surface area contributed by atoms with E-state index in [-0.39, 0.29) is 5.28 Å². The Morgan fingerprint density at radius 1 is 0.800 bits per heavy atom. The number of halogens is 1. The van der Waals surface area contributed by atoms with Crippen LogP contribution in [0.15, 0.2) is 78.9 Å². The fourth-order valence-corrected chi connectivity index (χ4v) is 3.09. The van der Waals surface area contributed by atoms with Crippen LogP contribution in [0.2, 0.25) is 5.28 Å². The van der Waals surface area contributed by atoms with Gasteiger partial charge in [-0.2, -0.15) is 9.97 Å². The van der Waals surface area contributed by atoms with Crippen molar-refractivity contribution in [3.63, 3.8) is 0 Å². The molecule has 0 spiro atoms. The standard InChI is InChI=1S/C21H16ClN3/c22-21-24-19(16-10-5-2-6-11-16)23-20(25-21)18-13-7-12-17(14-18)15-8-3-1-4-9-15/h1-8,10-15H,9H2. The average molecular weight is 346 g/mol. The van der Waals surface area contributed by atoms with Gasteiger partial charge >= 0.3 is 0 Å². The first-order chi connectivity index (χ1) is 12.3. The van der Waals surface area contributed by atoms with Crippen LogP contribution in [0.4, 0.5) is 0 Å². The molecule has 0 amide bonds. The summed E-state index contributed by atoms with van der Waals surface area (Å²) >= 11 is 6.16. The Hall–Kier alpha value is -2.78. The highest BCUT2D eigenvalue weighted by Crippen LogP contribution is 2.28. The molecule has 1 aromatic heterocycles. The van der Waals surface area contributed by atoms with E-state index in [4.69, 9.17) is 11.6 Å². The second-order valence-corrected chi connectivity index (χ2v) is 6.24. The summed E-state index contributed by atoms with van der Waals surface area (Å²) in [5.41, 5.74) is 3.11. The molecule has 3 aromatic rings. The van der Waals surface area contributed by atoms with Crippen molar-refractivity contribution >= 4 is 11.6 Å². The molecule has 0 bridgehead atoms. The van der Waals surface area contributed by atoms with Crippen LogP contribution in [0.3, 0.4) is 0 Å². The molecule has 1 aliphatic rings. The van der Waals surface area contributed by atoms with E-state index in [1.54, 1.807) is 0 Å². The Morgan fingerprint density at radius 3 is 2.32 bits per heavy atom. The van der Waals surface area contributed by atoms with Gasteiger partial charge < -0.3 is 0 Å². The van der Waals surface area contributed by atoms with E-state index < -0.39 is 0 Å². The largest absolute Gasteiger partial charge is 0.226 e. The lowest BCUT2D eigenvalue weighted by atomic mass is 9.91. The molecule has 25 heavy (non-hydrogen) atoms. The van der Waals surface area contributed by atoms with Crippen molar-refractivity contribution in [1.29, 1.82) is 0 Å². The van der Waals surface area contributed by atoms with Crippen LogP contribution in [0.25, 0.3) is 22.8 Å². The smallest absolute Gasteiger partial charge is 0.208 e. The summed E-state index contributed by atoms with van der Waals surface area (Å²) in [6, 6.07) is 18.1. The molecule has 4 rings (SSSR count). The number of hydrogen-bond acceptors (Lipinski definition) is 3. The lowest BCUT2D eigenvalue weighted by Crippen LogP contribution is -1.99. The first-order valence-corrected chi connectivity index (χ1v) is 8.58. The Morgan fingerprint density at radius 2 is 1.56 bits per heavy atom. The van der Waals surface area contributed by atoms with Crippen LogP contribution in [0, 0.1) is 0 Å². The van der Waals surface area contributed by atoms with Gasteiger partial charge in [-0.3, -0.25) is 0 Å². The lowest BCUT2D eigenvalue weighted by molar-refractivity contribution is 0.854. The molecule has 0 radical (unpaired) electrons. The Bertz CT molecular complexity index is 948. The van der Waals surface area contributed by atoms with Crippen LogP contribution in [-0.2, 0) is 0 Å². The molecule has 2 aromatic carbocycles. The van der Waals surface area contributed by atoms with Crippen molar-refractivity contribution in [2.45, 2.75) is 12.3 Å². The maximum atomic E-state index is 6.16. The van der Waals surface area contributed by atoms with Crippen molar-refractivity contribution in [1.82, 2.24) is 15.0 Å². The van der Waals surface area contributed by atoms with Crippen LogP contribution in [0.1, 0.15) is 17.9 Å². The highest BCUT2D eigenvalue weighted by Gasteiger charge is 2.12. The molecule has 0 saturated heterocycles. The number of rotatable bonds is 3. The fourth-order valence-electron chi connectivity index (χ4n) is 2.93. The van der Waals surface area contributed by atoms with E-state index >= 15 is 0 Å². The molecule has 122 valence electrons. The van der Waals surface area contributed by atoms with E-state index in [9.17, 15) is 0 Å². The third kappa shape index (κ3) is 3.52. The Balaban J connectivity index is 1.74. The highest BCUT2D eigenvalue weighted by atomic mass is 35.5. The van der Waals surface area contributed by atoms with E-state index in [1.165, 1.54) is 5.56 Å². The average Bonchev–Trinajstić information content (AvgIpc) is 2.69. The summed E-state index contributed by atoms with van der Waals surface area (Å²) in [4.78, 5) is 13.2. The minimum absolute atomic E-state index is 0.203. The summed E-state index contributed by atoms with van der Waals surface area (Å²) < 4.78 is 0. The van der Waals surface area contributed by atoms with Gasteiger partial charge in [0, 0.05) is 17.0 Å². The molecule has 0 saturated carbocycles. The topological polar surface area (TPSA) is 38.7 Å². The van der Waals surface area contributed by atoms with Gasteiger partial charge in [-0.1, -0.05) is 72.8 Å². The monoisotopic (exact) mass is 345 g/mol. The van der Waals surface area contributed by atoms with Gasteiger partial charge in [0.15, 0.2) is 11.6 Å². The molecule has 1 aliphatic carbocycles. The van der Waals surface area contributed by atoms with Crippen LogP contribution in [0.5, 0.6) is 0 Å². The van der Waals surface area contributed by atoms with E-state index in [0.717, 1.165) is 17.5 Å². The Kier molecular flexibility index (Phi) is 4.40. The van der Waals surface area contributed by atoms with E-state index in [1.807, 2.05) is 42.5 Å². The highest BCUT2D eigenvalue weighted by molar-refractivity contribution is 6.28. The molecule has 0 fully saturated rings. The molecule has 4 heteroatoms. The molecular formula is C21H16ClN3. The molecule has 1 atom stereocenters. The molecule has 1 unspecified atom stereocenters. The number of aromatic nitrogens is 3. The van der Waals surface area contributed by atoms with Gasteiger partial charge in [-0.15, -0.1) is 0 Å². The van der Waals surface area contributed by atoms with Crippen LogP contribution >= 0.6 is 11.6 Å². The molecular weight excluding hydrogens is 330 g/mol. The van der Waals surface area contributed by atoms with Gasteiger partial charge in [-0.25, -0.2) is 4.98 Å². The minimum atomic E-state index is 0.203. The van der Waals surface area contributed by atoms with E-state index in [0.29, 0.717) is 17.6 Å². The van der Waals surface area contributed by atoms with Gasteiger partial charge in [-0.05, 0) is 29.7 Å². The SMILES string of the molecule is Clc1nc(-c2ccccc2)nc(-c2cccc(C3C=CC=CC3)c2)n1. The Labute approximate surface area is 151 Å². The predicted octanol–water partition coefficient (Wildman–Crippen LogP) is 5.46. The maximum absolute atomic E-state index is 6.16. The van der Waals surface area contributed by atoms with Gasteiger partial charge in [0.1, 0.15) is 0 Å². The van der Waals surface area contributed by atoms with Crippen molar-refractivity contribution < 1.29 is 0 Å². The number of benzene rings is 2. The fraction of sp³-hybridized carbons (Fsp3) is 0.0952. The summed E-state index contributed by atoms with van der Waals surface area (Å²) in [7, 11) is 0. The van der Waals surface area contributed by atoms with Crippen molar-refractivity contribution in [3.8, 4) is 22.8 Å². The molecule has 1 heterocycles. The van der Waals surface area contributed by atoms with Gasteiger partial charge in [0.05, 0.1) is 0 Å². The maximum Gasteiger partial charge on any atom is 0.226 e. The van der Waals surface area contributed by atoms with Crippen LogP contribution in [-0.4, -0.2) is 15.0 Å². The number of hydrogen-bond donors (Lipinski definition) is 0. The summed E-state index contributed by atoms with van der Waals surface area (Å²) in [5.74, 6) is 1.56. The lowest BCUT2D eigenvalue weighted by Gasteiger charge is -2.14. The van der Waals surface area contributed by atoms with Crippen molar-refractivity contribution in [3.05, 3.63) is 89.7 Å². The number of allylic oxidation sites excluding steroid dienone is 4. The minimum Gasteiger partial charge on any atom is -0.208 e. The zero-order valence-corrected chi connectivity index (χ0v) is 14.3. The van der Waals surface area contributed by atoms with Gasteiger partial charge in [0.25, 0.3) is 0 Å². The number of nitrogens with zero attached hydrogens (tertiary/aromatic N) is 3. The third-order valence-corrected chi connectivity index (χ3v) is 4.36. The van der Waals surface area contributed by atoms with Gasteiger partial charge in [0.2, 0.25) is 5.28 Å². The first kappa shape index (κ1) is 15.7. The molecule has 0 aliphatic heterocycles. The van der Waals surface area contributed by atoms with E-state index in [2.05, 4.69) is 51.4 Å². The normalized spacial score (nSPS) is 16.1. The third-order valence-electron chi connectivity index (χ3n) is 4.19. The predicted molar refractivity (Wildman–Crippen MR) is 101 cm³/mol. The quantitative estimate of drug-likeness (QED) is 0.632. The molecule has 0 N–H and O–H groups in total. The molecule has 3 nitrogen and oxygen atoms in total. The summed E-state index contributed by atoms with van der Waals surface area (Å²) in [5, 5.41) is 0.203.